The molecule has 1 saturated carbocycles. The molecule has 0 aromatic heterocycles. The van der Waals surface area contributed by atoms with Crippen LogP contribution >= 0.6 is 0 Å². The number of ether oxygens (including phenoxy) is 3. The van der Waals surface area contributed by atoms with Crippen molar-refractivity contribution in [2.45, 2.75) is 63.8 Å². The topological polar surface area (TPSA) is 27.7 Å². The lowest BCUT2D eigenvalue weighted by Crippen LogP contribution is -2.63. The van der Waals surface area contributed by atoms with Crippen molar-refractivity contribution in [2.24, 2.45) is 11.3 Å². The molecule has 0 spiro atoms. The van der Waals surface area contributed by atoms with Gasteiger partial charge in [-0.05, 0) is 55.7 Å². The minimum absolute atomic E-state index is 0.0121. The lowest BCUT2D eigenvalue weighted by atomic mass is 9.76. The normalized spacial score (nSPS) is 36.1. The van der Waals surface area contributed by atoms with Crippen LogP contribution in [0.1, 0.15) is 63.4 Å². The van der Waals surface area contributed by atoms with Crippen LogP contribution in [-0.2, 0) is 14.2 Å². The lowest BCUT2D eigenvalue weighted by Gasteiger charge is -2.55. The third kappa shape index (κ3) is 3.52. The van der Waals surface area contributed by atoms with E-state index in [1.165, 1.54) is 0 Å². The van der Waals surface area contributed by atoms with Crippen LogP contribution in [0, 0.1) is 28.8 Å². The molecule has 5 rings (SSSR count). The zero-order valence-corrected chi connectivity index (χ0v) is 15.7. The average molecular weight is 384 g/mol. The highest BCUT2D eigenvalue weighted by Crippen LogP contribution is 2.50. The maximum absolute atomic E-state index is 13.5. The number of hydrogen-bond acceptors (Lipinski definition) is 3. The van der Waals surface area contributed by atoms with Crippen molar-refractivity contribution in [1.82, 2.24) is 0 Å². The van der Waals surface area contributed by atoms with Gasteiger partial charge in [-0.15, -0.1) is 0 Å². The van der Waals surface area contributed by atoms with Gasteiger partial charge in [0, 0.05) is 11.3 Å². The maximum atomic E-state index is 13.5. The standard InChI is InChI=1S/C21H27F3O3/c1-2-3-8-20-11-25-21(26-12-20,27-13-20)16-6-4-14(5-7-16)15-9-17(22)19(24)18(23)10-15/h9-10,14,16H,2-8,11-13H2,1H3. The van der Waals surface area contributed by atoms with Crippen LogP contribution in [0.2, 0.25) is 0 Å². The summed E-state index contributed by atoms with van der Waals surface area (Å²) in [7, 11) is 0. The SMILES string of the molecule is CCCCC12COC(C3CCC(c4cc(F)c(F)c(F)c4)CC3)(OC1)OC2. The van der Waals surface area contributed by atoms with Gasteiger partial charge < -0.3 is 14.2 Å². The van der Waals surface area contributed by atoms with Crippen LogP contribution in [0.3, 0.4) is 0 Å². The lowest BCUT2D eigenvalue weighted by molar-refractivity contribution is -0.488. The van der Waals surface area contributed by atoms with Crippen molar-refractivity contribution in [2.75, 3.05) is 19.8 Å². The summed E-state index contributed by atoms with van der Waals surface area (Å²) in [5, 5.41) is 0. The Kier molecular flexibility index (Phi) is 5.25. The molecule has 4 fully saturated rings. The number of fused-ring (bicyclic) bond motifs is 3. The smallest absolute Gasteiger partial charge is 0.285 e. The molecule has 1 aromatic rings. The van der Waals surface area contributed by atoms with Crippen LogP contribution in [0.5, 0.6) is 0 Å². The highest BCUT2D eigenvalue weighted by Gasteiger charge is 2.56. The molecule has 3 heterocycles. The molecule has 1 aromatic carbocycles. The molecular formula is C21H27F3O3. The Labute approximate surface area is 158 Å². The van der Waals surface area contributed by atoms with Crippen LogP contribution in [0.15, 0.2) is 12.1 Å². The number of halogens is 3. The van der Waals surface area contributed by atoms with Gasteiger partial charge in [-0.2, -0.15) is 0 Å². The fourth-order valence-electron chi connectivity index (χ4n) is 4.72. The van der Waals surface area contributed by atoms with Crippen LogP contribution < -0.4 is 0 Å². The first-order valence-corrected chi connectivity index (χ1v) is 10.0. The van der Waals surface area contributed by atoms with E-state index in [-0.39, 0.29) is 17.3 Å². The minimum atomic E-state index is -1.41. The van der Waals surface area contributed by atoms with Gasteiger partial charge in [0.25, 0.3) is 5.97 Å². The second kappa shape index (κ2) is 7.37. The van der Waals surface area contributed by atoms with Crippen LogP contribution in [0.25, 0.3) is 0 Å². The van der Waals surface area contributed by atoms with E-state index in [0.717, 1.165) is 57.1 Å². The number of rotatable bonds is 5. The van der Waals surface area contributed by atoms with E-state index in [1.807, 2.05) is 0 Å². The first-order chi connectivity index (χ1) is 13.0. The van der Waals surface area contributed by atoms with E-state index in [4.69, 9.17) is 14.2 Å². The van der Waals surface area contributed by atoms with Gasteiger partial charge in [-0.1, -0.05) is 19.8 Å². The molecular weight excluding hydrogens is 357 g/mol. The van der Waals surface area contributed by atoms with Crippen molar-refractivity contribution in [3.05, 3.63) is 35.1 Å². The zero-order chi connectivity index (χ0) is 19.1. The summed E-state index contributed by atoms with van der Waals surface area (Å²) in [6.45, 7) is 4.18. The van der Waals surface area contributed by atoms with Gasteiger partial charge in [0.2, 0.25) is 0 Å². The largest absolute Gasteiger partial charge is 0.326 e. The van der Waals surface area contributed by atoms with Gasteiger partial charge in [0.1, 0.15) is 0 Å². The molecule has 150 valence electrons. The summed E-state index contributed by atoms with van der Waals surface area (Å²) < 4.78 is 58.5. The monoisotopic (exact) mass is 384 g/mol. The Morgan fingerprint density at radius 2 is 1.48 bits per heavy atom. The summed E-state index contributed by atoms with van der Waals surface area (Å²) in [5.41, 5.74) is 0.508. The van der Waals surface area contributed by atoms with Crippen LogP contribution in [0.4, 0.5) is 13.2 Å². The van der Waals surface area contributed by atoms with Crippen molar-refractivity contribution in [1.29, 1.82) is 0 Å². The Morgan fingerprint density at radius 1 is 0.926 bits per heavy atom. The third-order valence-electron chi connectivity index (χ3n) is 6.50. The van der Waals surface area contributed by atoms with E-state index in [1.54, 1.807) is 0 Å². The van der Waals surface area contributed by atoms with E-state index < -0.39 is 23.4 Å². The molecule has 0 unspecified atom stereocenters. The maximum Gasteiger partial charge on any atom is 0.285 e. The Morgan fingerprint density at radius 3 is 2.00 bits per heavy atom. The summed E-state index contributed by atoms with van der Waals surface area (Å²) >= 11 is 0. The molecule has 0 atom stereocenters. The Bertz CT molecular complexity index is 638. The molecule has 3 nitrogen and oxygen atoms in total. The highest BCUT2D eigenvalue weighted by atomic mass is 19.2. The first kappa shape index (κ1) is 19.2. The molecule has 0 amide bonds. The molecule has 2 bridgehead atoms. The zero-order valence-electron chi connectivity index (χ0n) is 15.7. The van der Waals surface area contributed by atoms with Crippen molar-refractivity contribution < 1.29 is 27.4 Å². The molecule has 6 heteroatoms. The van der Waals surface area contributed by atoms with Crippen molar-refractivity contribution in [3.63, 3.8) is 0 Å². The van der Waals surface area contributed by atoms with E-state index in [0.29, 0.717) is 25.4 Å². The summed E-state index contributed by atoms with van der Waals surface area (Å²) in [6, 6.07) is 2.24. The second-order valence-corrected chi connectivity index (χ2v) is 8.42. The molecule has 3 aliphatic heterocycles. The molecule has 0 radical (unpaired) electrons. The van der Waals surface area contributed by atoms with Gasteiger partial charge in [0.05, 0.1) is 19.8 Å². The molecule has 1 aliphatic carbocycles. The van der Waals surface area contributed by atoms with Crippen molar-refractivity contribution in [3.8, 4) is 0 Å². The summed E-state index contributed by atoms with van der Waals surface area (Å²) in [6.07, 6.45) is 6.39. The molecule has 3 saturated heterocycles. The van der Waals surface area contributed by atoms with Crippen LogP contribution in [-0.4, -0.2) is 25.8 Å². The van der Waals surface area contributed by atoms with Gasteiger partial charge >= 0.3 is 0 Å². The second-order valence-electron chi connectivity index (χ2n) is 8.42. The number of benzene rings is 1. The predicted octanol–water partition coefficient (Wildman–Crippen LogP) is 5.29. The van der Waals surface area contributed by atoms with Gasteiger partial charge in [0.15, 0.2) is 17.5 Å². The van der Waals surface area contributed by atoms with Gasteiger partial charge in [-0.3, -0.25) is 0 Å². The van der Waals surface area contributed by atoms with Crippen molar-refractivity contribution >= 4 is 0 Å². The third-order valence-corrected chi connectivity index (χ3v) is 6.50. The summed E-state index contributed by atoms with van der Waals surface area (Å²) in [5.74, 6) is -4.49. The summed E-state index contributed by atoms with van der Waals surface area (Å²) in [4.78, 5) is 0. The Hall–Kier alpha value is -1.11. The molecule has 4 aliphatic rings. The fourth-order valence-corrected chi connectivity index (χ4v) is 4.72. The fraction of sp³-hybridized carbons (Fsp3) is 0.714. The first-order valence-electron chi connectivity index (χ1n) is 10.0. The quantitative estimate of drug-likeness (QED) is 0.646. The van der Waals surface area contributed by atoms with Gasteiger partial charge in [-0.25, -0.2) is 13.2 Å². The van der Waals surface area contributed by atoms with E-state index in [2.05, 4.69) is 6.92 Å². The number of hydrogen-bond donors (Lipinski definition) is 0. The highest BCUT2D eigenvalue weighted by molar-refractivity contribution is 5.23. The Balaban J connectivity index is 1.38. The molecule has 0 N–H and O–H groups in total. The minimum Gasteiger partial charge on any atom is -0.326 e. The average Bonchev–Trinajstić information content (AvgIpc) is 2.72. The predicted molar refractivity (Wildman–Crippen MR) is 93.6 cm³/mol. The molecule has 27 heavy (non-hydrogen) atoms. The van der Waals surface area contributed by atoms with E-state index >= 15 is 0 Å². The van der Waals surface area contributed by atoms with E-state index in [9.17, 15) is 13.2 Å². The number of unbranched alkanes of at least 4 members (excludes halogenated alkanes) is 1.